The van der Waals surface area contributed by atoms with Gasteiger partial charge in [-0.05, 0) is 11.6 Å². The number of rotatable bonds is 3. The summed E-state index contributed by atoms with van der Waals surface area (Å²) in [7, 11) is 1.56. The van der Waals surface area contributed by atoms with Gasteiger partial charge >= 0.3 is 5.97 Å². The first kappa shape index (κ1) is 10.5. The smallest absolute Gasteiger partial charge is 0.323 e. The van der Waals surface area contributed by atoms with Gasteiger partial charge in [-0.2, -0.15) is 4.98 Å². The zero-order valence-corrected chi connectivity index (χ0v) is 8.19. The van der Waals surface area contributed by atoms with Gasteiger partial charge in [0.2, 0.25) is 5.28 Å². The molecule has 0 aliphatic rings. The average molecular weight is 217 g/mol. The van der Waals surface area contributed by atoms with Crippen LogP contribution in [-0.4, -0.2) is 34.6 Å². The molecule has 0 unspecified atom stereocenters. The molecular weight excluding hydrogens is 208 g/mol. The number of carbonyl (C=O) groups is 1. The Balaban J connectivity index is 2.93. The number of nitrogen functional groups attached to an aromatic ring is 1. The van der Waals surface area contributed by atoms with Crippen molar-refractivity contribution >= 4 is 29.1 Å². The number of carboxylic acid groups (broad SMARTS) is 1. The number of likely N-dealkylation sites (N-methyl/N-ethyl adjacent to an activating group) is 1. The van der Waals surface area contributed by atoms with Crippen LogP contribution in [0.2, 0.25) is 5.28 Å². The van der Waals surface area contributed by atoms with Crippen LogP contribution < -0.4 is 10.6 Å². The number of nitrogens with two attached hydrogens (primary N) is 1. The van der Waals surface area contributed by atoms with Crippen LogP contribution in [0.15, 0.2) is 6.20 Å². The maximum atomic E-state index is 10.4. The van der Waals surface area contributed by atoms with Crippen molar-refractivity contribution in [2.75, 3.05) is 24.2 Å². The van der Waals surface area contributed by atoms with E-state index in [0.717, 1.165) is 0 Å². The second-order valence-corrected chi connectivity index (χ2v) is 3.01. The van der Waals surface area contributed by atoms with Crippen LogP contribution in [0.25, 0.3) is 0 Å². The van der Waals surface area contributed by atoms with E-state index >= 15 is 0 Å². The van der Waals surface area contributed by atoms with Gasteiger partial charge < -0.3 is 15.7 Å². The molecule has 1 aromatic heterocycles. The summed E-state index contributed by atoms with van der Waals surface area (Å²) in [4.78, 5) is 19.3. The van der Waals surface area contributed by atoms with Crippen LogP contribution >= 0.6 is 11.6 Å². The third-order valence-electron chi connectivity index (χ3n) is 1.50. The molecule has 0 aromatic carbocycles. The molecule has 3 N–H and O–H groups in total. The van der Waals surface area contributed by atoms with E-state index in [0.29, 0.717) is 5.82 Å². The largest absolute Gasteiger partial charge is 0.480 e. The number of nitrogens with zero attached hydrogens (tertiary/aromatic N) is 3. The Hall–Kier alpha value is -1.56. The lowest BCUT2D eigenvalue weighted by Crippen LogP contribution is -2.26. The number of anilines is 2. The normalized spacial score (nSPS) is 9.86. The van der Waals surface area contributed by atoms with Crippen molar-refractivity contribution in [2.45, 2.75) is 0 Å². The topological polar surface area (TPSA) is 92.3 Å². The summed E-state index contributed by atoms with van der Waals surface area (Å²) in [6.07, 6.45) is 1.34. The molecule has 0 spiro atoms. The Labute approximate surface area is 85.3 Å². The van der Waals surface area contributed by atoms with Gasteiger partial charge in [-0.15, -0.1) is 0 Å². The lowest BCUT2D eigenvalue weighted by molar-refractivity contribution is -0.135. The van der Waals surface area contributed by atoms with Gasteiger partial charge in [0.15, 0.2) is 5.82 Å². The molecule has 6 nitrogen and oxygen atoms in total. The van der Waals surface area contributed by atoms with Crippen LogP contribution in [-0.2, 0) is 4.79 Å². The van der Waals surface area contributed by atoms with E-state index in [4.69, 9.17) is 22.4 Å². The molecule has 1 heterocycles. The minimum Gasteiger partial charge on any atom is -0.480 e. The maximum absolute atomic E-state index is 10.4. The average Bonchev–Trinajstić information content (AvgIpc) is 2.08. The summed E-state index contributed by atoms with van der Waals surface area (Å²) >= 11 is 5.55. The zero-order valence-electron chi connectivity index (χ0n) is 7.44. The molecular formula is C7H9ClN4O2. The summed E-state index contributed by atoms with van der Waals surface area (Å²) < 4.78 is 0. The molecule has 0 bridgehead atoms. The lowest BCUT2D eigenvalue weighted by atomic mass is 10.4. The molecule has 14 heavy (non-hydrogen) atoms. The van der Waals surface area contributed by atoms with Gasteiger partial charge in [0.1, 0.15) is 6.54 Å². The van der Waals surface area contributed by atoms with Gasteiger partial charge in [0, 0.05) is 7.05 Å². The first-order valence-corrected chi connectivity index (χ1v) is 4.09. The summed E-state index contributed by atoms with van der Waals surface area (Å²) in [6.45, 7) is -0.197. The van der Waals surface area contributed by atoms with Crippen LogP contribution in [0.4, 0.5) is 11.5 Å². The quantitative estimate of drug-likeness (QED) is 0.703. The molecule has 1 aromatic rings. The van der Waals surface area contributed by atoms with E-state index in [1.54, 1.807) is 7.05 Å². The minimum atomic E-state index is -0.971. The lowest BCUT2D eigenvalue weighted by Gasteiger charge is -2.16. The SMILES string of the molecule is CN(CC(=O)O)c1nc(Cl)ncc1N. The number of aromatic nitrogens is 2. The highest BCUT2D eigenvalue weighted by atomic mass is 35.5. The second-order valence-electron chi connectivity index (χ2n) is 2.67. The van der Waals surface area contributed by atoms with Gasteiger partial charge in [-0.25, -0.2) is 4.98 Å². The Morgan fingerprint density at radius 3 is 3.00 bits per heavy atom. The molecule has 76 valence electrons. The third-order valence-corrected chi connectivity index (χ3v) is 1.68. The summed E-state index contributed by atoms with van der Waals surface area (Å²) in [5, 5.41) is 8.58. The van der Waals surface area contributed by atoms with E-state index in [1.165, 1.54) is 11.1 Å². The Bertz CT molecular complexity index is 358. The molecule has 0 amide bonds. The molecule has 0 radical (unpaired) electrons. The first-order valence-electron chi connectivity index (χ1n) is 3.71. The molecule has 7 heteroatoms. The van der Waals surface area contributed by atoms with Crippen molar-refractivity contribution in [3.8, 4) is 0 Å². The monoisotopic (exact) mass is 216 g/mol. The van der Waals surface area contributed by atoms with Gasteiger partial charge in [-0.3, -0.25) is 4.79 Å². The number of carboxylic acids is 1. The van der Waals surface area contributed by atoms with Crippen molar-refractivity contribution in [3.63, 3.8) is 0 Å². The fraction of sp³-hybridized carbons (Fsp3) is 0.286. The summed E-state index contributed by atoms with van der Waals surface area (Å²) in [6, 6.07) is 0. The van der Waals surface area contributed by atoms with Crippen LogP contribution in [0.1, 0.15) is 0 Å². The minimum absolute atomic E-state index is 0.0337. The van der Waals surface area contributed by atoms with Gasteiger partial charge in [0.05, 0.1) is 11.9 Å². The fourth-order valence-corrected chi connectivity index (χ4v) is 1.07. The Kier molecular flexibility index (Phi) is 3.08. The molecule has 0 saturated carbocycles. The van der Waals surface area contributed by atoms with Crippen LogP contribution in [0, 0.1) is 0 Å². The second kappa shape index (κ2) is 4.10. The van der Waals surface area contributed by atoms with E-state index in [1.807, 2.05) is 0 Å². The predicted octanol–water partition coefficient (Wildman–Crippen LogP) is 0.233. The van der Waals surface area contributed by atoms with E-state index in [2.05, 4.69) is 9.97 Å². The first-order chi connectivity index (χ1) is 6.50. The van der Waals surface area contributed by atoms with Crippen LogP contribution in [0.3, 0.4) is 0 Å². The van der Waals surface area contributed by atoms with Crippen molar-refractivity contribution in [2.24, 2.45) is 0 Å². The van der Waals surface area contributed by atoms with E-state index < -0.39 is 5.97 Å². The number of hydrogen-bond donors (Lipinski definition) is 2. The molecule has 1 rings (SSSR count). The van der Waals surface area contributed by atoms with Crippen LogP contribution in [0.5, 0.6) is 0 Å². The summed E-state index contributed by atoms with van der Waals surface area (Å²) in [5.74, 6) is -0.658. The highest BCUT2D eigenvalue weighted by Crippen LogP contribution is 2.19. The highest BCUT2D eigenvalue weighted by Gasteiger charge is 2.11. The van der Waals surface area contributed by atoms with Crippen molar-refractivity contribution < 1.29 is 9.90 Å². The highest BCUT2D eigenvalue weighted by molar-refractivity contribution is 6.28. The van der Waals surface area contributed by atoms with Crippen molar-refractivity contribution in [1.82, 2.24) is 9.97 Å². The van der Waals surface area contributed by atoms with Gasteiger partial charge in [0.25, 0.3) is 0 Å². The maximum Gasteiger partial charge on any atom is 0.323 e. The number of halogens is 1. The molecule has 0 aliphatic heterocycles. The van der Waals surface area contributed by atoms with Crippen molar-refractivity contribution in [3.05, 3.63) is 11.5 Å². The molecule has 0 atom stereocenters. The number of aliphatic carboxylic acids is 1. The third kappa shape index (κ3) is 2.46. The molecule has 0 aliphatic carbocycles. The standard InChI is InChI=1S/C7H9ClN4O2/c1-12(3-5(13)14)6-4(9)2-10-7(8)11-6/h2H,3,9H2,1H3,(H,13,14). The number of hydrogen-bond acceptors (Lipinski definition) is 5. The van der Waals surface area contributed by atoms with Gasteiger partial charge in [-0.1, -0.05) is 0 Å². The Morgan fingerprint density at radius 2 is 2.43 bits per heavy atom. The Morgan fingerprint density at radius 1 is 1.79 bits per heavy atom. The summed E-state index contributed by atoms with van der Waals surface area (Å²) in [5.41, 5.74) is 5.84. The van der Waals surface area contributed by atoms with Crippen molar-refractivity contribution in [1.29, 1.82) is 0 Å². The molecule has 0 saturated heterocycles. The zero-order chi connectivity index (χ0) is 10.7. The predicted molar refractivity (Wildman–Crippen MR) is 52.4 cm³/mol. The van der Waals surface area contributed by atoms with E-state index in [9.17, 15) is 4.79 Å². The fourth-order valence-electron chi connectivity index (χ4n) is 0.945. The van der Waals surface area contributed by atoms with E-state index in [-0.39, 0.29) is 17.5 Å². The molecule has 0 fully saturated rings.